The van der Waals surface area contributed by atoms with Crippen molar-refractivity contribution in [3.63, 3.8) is 0 Å². The molecule has 0 heterocycles. The molecule has 3 nitrogen and oxygen atoms in total. The number of halogens is 4. The van der Waals surface area contributed by atoms with E-state index in [1.807, 2.05) is 0 Å². The molecule has 3 aliphatic carbocycles. The summed E-state index contributed by atoms with van der Waals surface area (Å²) in [6.07, 6.45) is -1.86. The summed E-state index contributed by atoms with van der Waals surface area (Å²) >= 11 is 3.08. The Morgan fingerprint density at radius 1 is 1.30 bits per heavy atom. The number of hydrogen-bond donors (Lipinski definition) is 1. The average molecular weight is 350 g/mol. The van der Waals surface area contributed by atoms with E-state index in [0.29, 0.717) is 10.4 Å². The fourth-order valence-corrected chi connectivity index (χ4v) is 3.30. The van der Waals surface area contributed by atoms with Crippen LogP contribution in [-0.2, 0) is 0 Å². The SMILES string of the molecule is O=C(NC12CC(C1)C2)c1cc(Br)cc(OC(F)(F)F)c1. The third-order valence-corrected chi connectivity index (χ3v) is 4.24. The highest BCUT2D eigenvalue weighted by Crippen LogP contribution is 2.57. The molecule has 0 radical (unpaired) electrons. The second kappa shape index (κ2) is 4.38. The molecule has 1 aromatic rings. The van der Waals surface area contributed by atoms with Gasteiger partial charge in [0.2, 0.25) is 0 Å². The van der Waals surface area contributed by atoms with Crippen molar-refractivity contribution in [2.45, 2.75) is 31.2 Å². The van der Waals surface area contributed by atoms with Crippen LogP contribution >= 0.6 is 15.9 Å². The maximum absolute atomic E-state index is 12.2. The number of alkyl halides is 3. The Morgan fingerprint density at radius 2 is 1.95 bits per heavy atom. The van der Waals surface area contributed by atoms with Gasteiger partial charge in [0.1, 0.15) is 5.75 Å². The van der Waals surface area contributed by atoms with E-state index in [-0.39, 0.29) is 17.0 Å². The van der Waals surface area contributed by atoms with Crippen molar-refractivity contribution < 1.29 is 22.7 Å². The Labute approximate surface area is 121 Å². The van der Waals surface area contributed by atoms with Crippen LogP contribution in [0.15, 0.2) is 22.7 Å². The van der Waals surface area contributed by atoms with Crippen LogP contribution in [-0.4, -0.2) is 17.8 Å². The van der Waals surface area contributed by atoms with Crippen LogP contribution in [0.2, 0.25) is 0 Å². The first-order valence-electron chi connectivity index (χ1n) is 6.14. The number of hydrogen-bond acceptors (Lipinski definition) is 2. The number of rotatable bonds is 3. The van der Waals surface area contributed by atoms with Crippen molar-refractivity contribution in [1.82, 2.24) is 5.32 Å². The number of carbonyl (C=O) groups is 1. The number of ether oxygens (including phenoxy) is 1. The molecule has 0 saturated heterocycles. The molecule has 1 aromatic carbocycles. The van der Waals surface area contributed by atoms with E-state index in [1.165, 1.54) is 12.1 Å². The van der Waals surface area contributed by atoms with E-state index in [0.717, 1.165) is 25.3 Å². The zero-order valence-electron chi connectivity index (χ0n) is 10.3. The van der Waals surface area contributed by atoms with Crippen molar-refractivity contribution in [3.05, 3.63) is 28.2 Å². The highest BCUT2D eigenvalue weighted by atomic mass is 79.9. The molecular weight excluding hydrogens is 339 g/mol. The lowest BCUT2D eigenvalue weighted by Gasteiger charge is -2.61. The van der Waals surface area contributed by atoms with Gasteiger partial charge < -0.3 is 10.1 Å². The van der Waals surface area contributed by atoms with Gasteiger partial charge in [0.15, 0.2) is 0 Å². The topological polar surface area (TPSA) is 38.3 Å². The number of carbonyl (C=O) groups excluding carboxylic acids is 1. The molecule has 0 atom stereocenters. The van der Waals surface area contributed by atoms with Crippen molar-refractivity contribution >= 4 is 21.8 Å². The second-order valence-electron chi connectivity index (χ2n) is 5.44. The van der Waals surface area contributed by atoms with E-state index in [4.69, 9.17) is 0 Å². The van der Waals surface area contributed by atoms with Crippen LogP contribution in [0.1, 0.15) is 29.6 Å². The molecule has 0 aromatic heterocycles. The Morgan fingerprint density at radius 3 is 2.45 bits per heavy atom. The van der Waals surface area contributed by atoms with Gasteiger partial charge in [-0.2, -0.15) is 0 Å². The fourth-order valence-electron chi connectivity index (χ4n) is 2.83. The van der Waals surface area contributed by atoms with Crippen LogP contribution in [0.5, 0.6) is 5.75 Å². The number of amides is 1. The van der Waals surface area contributed by atoms with Crippen LogP contribution in [0.3, 0.4) is 0 Å². The molecule has 0 aliphatic heterocycles. The molecule has 0 spiro atoms. The van der Waals surface area contributed by atoms with Crippen molar-refractivity contribution in [2.24, 2.45) is 5.92 Å². The fraction of sp³-hybridized carbons (Fsp3) is 0.462. The first kappa shape index (κ1) is 13.7. The predicted octanol–water partition coefficient (Wildman–Crippen LogP) is 3.63. The van der Waals surface area contributed by atoms with Crippen LogP contribution in [0.4, 0.5) is 13.2 Å². The van der Waals surface area contributed by atoms with Gasteiger partial charge in [-0.15, -0.1) is 13.2 Å². The lowest BCUT2D eigenvalue weighted by molar-refractivity contribution is -0.274. The Balaban J connectivity index is 1.76. The van der Waals surface area contributed by atoms with Crippen molar-refractivity contribution in [2.75, 3.05) is 0 Å². The minimum Gasteiger partial charge on any atom is -0.406 e. The standard InChI is InChI=1S/C13H11BrF3NO2/c14-9-1-8(2-10(3-9)20-13(15,16)17)11(19)18-12-4-7(5-12)6-12/h1-3,7H,4-6H2,(H,18,19). The Bertz CT molecular complexity index is 556. The van der Waals surface area contributed by atoms with Gasteiger partial charge in [-0.1, -0.05) is 15.9 Å². The maximum Gasteiger partial charge on any atom is 0.573 e. The summed E-state index contributed by atoms with van der Waals surface area (Å²) < 4.78 is 40.8. The summed E-state index contributed by atoms with van der Waals surface area (Å²) in [7, 11) is 0. The monoisotopic (exact) mass is 349 g/mol. The Kier molecular flexibility index (Phi) is 3.00. The highest BCUT2D eigenvalue weighted by Gasteiger charge is 2.57. The zero-order valence-corrected chi connectivity index (χ0v) is 11.8. The van der Waals surface area contributed by atoms with Gasteiger partial charge in [-0.05, 0) is 43.4 Å². The number of benzene rings is 1. The quantitative estimate of drug-likeness (QED) is 0.904. The maximum atomic E-state index is 12.2. The first-order chi connectivity index (χ1) is 9.25. The molecule has 2 bridgehead atoms. The van der Waals surface area contributed by atoms with Crippen molar-refractivity contribution in [1.29, 1.82) is 0 Å². The van der Waals surface area contributed by atoms with E-state index >= 15 is 0 Å². The van der Waals surface area contributed by atoms with Crippen LogP contribution in [0, 0.1) is 5.92 Å². The van der Waals surface area contributed by atoms with E-state index in [9.17, 15) is 18.0 Å². The van der Waals surface area contributed by atoms with Gasteiger partial charge in [0, 0.05) is 15.6 Å². The summed E-state index contributed by atoms with van der Waals surface area (Å²) in [5.41, 5.74) is 0.0399. The summed E-state index contributed by atoms with van der Waals surface area (Å²) in [6, 6.07) is 3.74. The molecule has 7 heteroatoms. The smallest absolute Gasteiger partial charge is 0.406 e. The Hall–Kier alpha value is -1.24. The third kappa shape index (κ3) is 2.63. The average Bonchev–Trinajstić information content (AvgIpc) is 2.17. The van der Waals surface area contributed by atoms with Gasteiger partial charge in [-0.3, -0.25) is 4.79 Å². The minimum atomic E-state index is -4.78. The summed E-state index contributed by atoms with van der Waals surface area (Å²) in [5.74, 6) is -0.0620. The van der Waals surface area contributed by atoms with Gasteiger partial charge in [0.25, 0.3) is 5.91 Å². The van der Waals surface area contributed by atoms with Crippen LogP contribution in [0.25, 0.3) is 0 Å². The second-order valence-corrected chi connectivity index (χ2v) is 6.35. The summed E-state index contributed by atoms with van der Waals surface area (Å²) in [4.78, 5) is 12.1. The van der Waals surface area contributed by atoms with Gasteiger partial charge in [-0.25, -0.2) is 0 Å². The molecule has 108 valence electrons. The summed E-state index contributed by atoms with van der Waals surface area (Å²) in [5, 5.41) is 2.90. The van der Waals surface area contributed by atoms with Gasteiger partial charge >= 0.3 is 6.36 Å². The van der Waals surface area contributed by atoms with E-state index in [1.54, 1.807) is 0 Å². The molecule has 0 unspecified atom stereocenters. The third-order valence-electron chi connectivity index (χ3n) is 3.78. The molecular formula is C13H11BrF3NO2. The number of nitrogens with one attached hydrogen (secondary N) is 1. The molecule has 3 fully saturated rings. The summed E-state index contributed by atoms with van der Waals surface area (Å²) in [6.45, 7) is 0. The molecule has 20 heavy (non-hydrogen) atoms. The van der Waals surface area contributed by atoms with Gasteiger partial charge in [0.05, 0.1) is 0 Å². The zero-order chi connectivity index (χ0) is 14.5. The minimum absolute atomic E-state index is 0.116. The predicted molar refractivity (Wildman–Crippen MR) is 68.4 cm³/mol. The lowest BCUT2D eigenvalue weighted by Crippen LogP contribution is -2.68. The molecule has 3 saturated carbocycles. The molecule has 1 amide bonds. The first-order valence-corrected chi connectivity index (χ1v) is 6.93. The van der Waals surface area contributed by atoms with E-state index in [2.05, 4.69) is 26.0 Å². The largest absolute Gasteiger partial charge is 0.573 e. The molecule has 1 N–H and O–H groups in total. The lowest BCUT2D eigenvalue weighted by atomic mass is 9.50. The highest BCUT2D eigenvalue weighted by molar-refractivity contribution is 9.10. The van der Waals surface area contributed by atoms with Crippen LogP contribution < -0.4 is 10.1 Å². The molecule has 3 aliphatic rings. The molecule has 4 rings (SSSR count). The van der Waals surface area contributed by atoms with E-state index < -0.39 is 12.1 Å². The normalized spacial score (nSPS) is 27.3. The van der Waals surface area contributed by atoms with Crippen molar-refractivity contribution in [3.8, 4) is 5.75 Å².